The van der Waals surface area contributed by atoms with Crippen LogP contribution in [0.1, 0.15) is 31.9 Å². The van der Waals surface area contributed by atoms with Gasteiger partial charge in [0.1, 0.15) is 5.82 Å². The van der Waals surface area contributed by atoms with Crippen molar-refractivity contribution in [2.24, 2.45) is 0 Å². The highest BCUT2D eigenvalue weighted by molar-refractivity contribution is 7.92. The van der Waals surface area contributed by atoms with Crippen LogP contribution in [0.5, 0.6) is 0 Å². The number of hydrogen-bond acceptors (Lipinski definition) is 3. The first kappa shape index (κ1) is 13.5. The average Bonchev–Trinajstić information content (AvgIpc) is 2.33. The molecule has 5 heteroatoms. The summed E-state index contributed by atoms with van der Waals surface area (Å²) >= 11 is 0. The first-order valence-electron chi connectivity index (χ1n) is 6.17. The van der Waals surface area contributed by atoms with Crippen LogP contribution in [-0.2, 0) is 9.84 Å². The number of nitrogens with one attached hydrogen (secondary N) is 1. The highest BCUT2D eigenvalue weighted by Gasteiger charge is 2.38. The Kier molecular flexibility index (Phi) is 3.73. The van der Waals surface area contributed by atoms with E-state index in [0.717, 1.165) is 12.0 Å². The second kappa shape index (κ2) is 4.97. The second-order valence-electron chi connectivity index (χ2n) is 4.84. The fraction of sp³-hybridized carbons (Fsp3) is 0.538. The molecule has 1 aromatic carbocycles. The van der Waals surface area contributed by atoms with Crippen LogP contribution in [0.25, 0.3) is 0 Å². The Hall–Kier alpha value is -0.940. The fourth-order valence-electron chi connectivity index (χ4n) is 2.35. The van der Waals surface area contributed by atoms with E-state index < -0.39 is 15.1 Å². The van der Waals surface area contributed by atoms with E-state index in [9.17, 15) is 12.8 Å². The molecule has 0 amide bonds. The molecule has 3 nitrogen and oxygen atoms in total. The summed E-state index contributed by atoms with van der Waals surface area (Å²) in [5.74, 6) is -0.125. The third kappa shape index (κ3) is 2.57. The van der Waals surface area contributed by atoms with Crippen LogP contribution < -0.4 is 5.32 Å². The summed E-state index contributed by atoms with van der Waals surface area (Å²) in [6, 6.07) is 5.75. The molecule has 3 unspecified atom stereocenters. The Morgan fingerprint density at radius 3 is 2.50 bits per heavy atom. The monoisotopic (exact) mass is 271 g/mol. The molecule has 0 aromatic heterocycles. The largest absolute Gasteiger partial charge is 0.305 e. The van der Waals surface area contributed by atoms with E-state index in [0.29, 0.717) is 0 Å². The minimum Gasteiger partial charge on any atom is -0.305 e. The van der Waals surface area contributed by atoms with Crippen LogP contribution in [0, 0.1) is 5.82 Å². The number of hydrogen-bond donors (Lipinski definition) is 1. The van der Waals surface area contributed by atoms with Crippen LogP contribution in [-0.4, -0.2) is 25.5 Å². The number of halogens is 1. The molecule has 1 saturated heterocycles. The van der Waals surface area contributed by atoms with Gasteiger partial charge in [-0.1, -0.05) is 19.1 Å². The Bertz CT molecular complexity index is 512. The van der Waals surface area contributed by atoms with Gasteiger partial charge < -0.3 is 5.32 Å². The summed E-state index contributed by atoms with van der Waals surface area (Å²) in [6.07, 6.45) is 0.768. The van der Waals surface area contributed by atoms with Gasteiger partial charge in [-0.3, -0.25) is 0 Å². The molecule has 0 bridgehead atoms. The number of benzene rings is 1. The molecule has 0 aliphatic carbocycles. The second-order valence-corrected chi connectivity index (χ2v) is 7.24. The maximum atomic E-state index is 12.9. The normalized spacial score (nSPS) is 31.2. The van der Waals surface area contributed by atoms with Gasteiger partial charge in [0.2, 0.25) is 0 Å². The molecule has 1 aliphatic heterocycles. The van der Waals surface area contributed by atoms with Crippen molar-refractivity contribution in [1.29, 1.82) is 0 Å². The molecule has 0 spiro atoms. The third-order valence-electron chi connectivity index (χ3n) is 3.61. The van der Waals surface area contributed by atoms with Crippen LogP contribution in [0.15, 0.2) is 24.3 Å². The standard InChI is InChI=1S/C13H18FNO2S/c1-3-12-8-18(16,17)9(2)13(15-12)10-4-6-11(14)7-5-10/h4-7,9,12-13,15H,3,8H2,1-2H3. The van der Waals surface area contributed by atoms with Gasteiger partial charge in [0, 0.05) is 12.1 Å². The minimum atomic E-state index is -3.09. The molecule has 0 saturated carbocycles. The maximum absolute atomic E-state index is 12.9. The average molecular weight is 271 g/mol. The SMILES string of the molecule is CCC1CS(=O)(=O)C(C)C(c2ccc(F)cc2)N1. The lowest BCUT2D eigenvalue weighted by molar-refractivity contribution is 0.404. The van der Waals surface area contributed by atoms with E-state index in [-0.39, 0.29) is 23.7 Å². The molecule has 100 valence electrons. The van der Waals surface area contributed by atoms with E-state index >= 15 is 0 Å². The van der Waals surface area contributed by atoms with E-state index in [1.54, 1.807) is 19.1 Å². The van der Waals surface area contributed by atoms with Gasteiger partial charge in [0.05, 0.1) is 11.0 Å². The van der Waals surface area contributed by atoms with Crippen molar-refractivity contribution in [3.8, 4) is 0 Å². The van der Waals surface area contributed by atoms with Crippen molar-refractivity contribution in [3.05, 3.63) is 35.6 Å². The summed E-state index contributed by atoms with van der Waals surface area (Å²) in [5.41, 5.74) is 0.825. The predicted octanol–water partition coefficient (Wildman–Crippen LogP) is 2.05. The molecule has 3 atom stereocenters. The molecular weight excluding hydrogens is 253 g/mol. The van der Waals surface area contributed by atoms with Crippen LogP contribution in [0.3, 0.4) is 0 Å². The molecular formula is C13H18FNO2S. The topological polar surface area (TPSA) is 46.2 Å². The van der Waals surface area contributed by atoms with Gasteiger partial charge in [-0.2, -0.15) is 0 Å². The van der Waals surface area contributed by atoms with Crippen LogP contribution in [0.2, 0.25) is 0 Å². The molecule has 1 aliphatic rings. The zero-order valence-electron chi connectivity index (χ0n) is 10.6. The Morgan fingerprint density at radius 1 is 1.33 bits per heavy atom. The molecule has 1 aromatic rings. The van der Waals surface area contributed by atoms with Gasteiger partial charge in [-0.05, 0) is 31.0 Å². The highest BCUT2D eigenvalue weighted by Crippen LogP contribution is 2.28. The summed E-state index contributed by atoms with van der Waals surface area (Å²) in [6.45, 7) is 3.67. The number of sulfone groups is 1. The molecule has 18 heavy (non-hydrogen) atoms. The van der Waals surface area contributed by atoms with E-state index in [2.05, 4.69) is 5.32 Å². The van der Waals surface area contributed by atoms with Crippen molar-refractivity contribution >= 4 is 9.84 Å². The first-order chi connectivity index (χ1) is 8.44. The van der Waals surface area contributed by atoms with Crippen molar-refractivity contribution in [1.82, 2.24) is 5.32 Å². The molecule has 1 N–H and O–H groups in total. The van der Waals surface area contributed by atoms with Crippen molar-refractivity contribution < 1.29 is 12.8 Å². The van der Waals surface area contributed by atoms with Gasteiger partial charge in [-0.15, -0.1) is 0 Å². The van der Waals surface area contributed by atoms with Gasteiger partial charge >= 0.3 is 0 Å². The highest BCUT2D eigenvalue weighted by atomic mass is 32.2. The fourth-order valence-corrected chi connectivity index (χ4v) is 4.20. The molecule has 0 radical (unpaired) electrons. The summed E-state index contributed by atoms with van der Waals surface area (Å²) in [5, 5.41) is 2.86. The summed E-state index contributed by atoms with van der Waals surface area (Å²) < 4.78 is 37.1. The van der Waals surface area contributed by atoms with Gasteiger partial charge in [-0.25, -0.2) is 12.8 Å². The molecule has 2 rings (SSSR count). The van der Waals surface area contributed by atoms with Gasteiger partial charge in [0.15, 0.2) is 9.84 Å². The van der Waals surface area contributed by atoms with E-state index in [4.69, 9.17) is 0 Å². The Morgan fingerprint density at radius 2 is 1.94 bits per heavy atom. The lowest BCUT2D eigenvalue weighted by Gasteiger charge is -2.35. The van der Waals surface area contributed by atoms with E-state index in [1.807, 2.05) is 6.92 Å². The van der Waals surface area contributed by atoms with Crippen molar-refractivity contribution in [3.63, 3.8) is 0 Å². The zero-order valence-corrected chi connectivity index (χ0v) is 11.4. The van der Waals surface area contributed by atoms with Gasteiger partial charge in [0.25, 0.3) is 0 Å². The predicted molar refractivity (Wildman–Crippen MR) is 69.6 cm³/mol. The summed E-state index contributed by atoms with van der Waals surface area (Å²) in [7, 11) is -3.09. The smallest absolute Gasteiger partial charge is 0.156 e. The third-order valence-corrected chi connectivity index (χ3v) is 5.88. The number of rotatable bonds is 2. The lowest BCUT2D eigenvalue weighted by Crippen LogP contribution is -2.51. The van der Waals surface area contributed by atoms with Crippen molar-refractivity contribution in [2.75, 3.05) is 5.75 Å². The summed E-state index contributed by atoms with van der Waals surface area (Å²) in [4.78, 5) is 0. The molecule has 1 heterocycles. The quantitative estimate of drug-likeness (QED) is 0.895. The Labute approximate surface area is 107 Å². The first-order valence-corrected chi connectivity index (χ1v) is 7.88. The minimum absolute atomic E-state index is 0.0266. The zero-order chi connectivity index (χ0) is 13.3. The van der Waals surface area contributed by atoms with E-state index in [1.165, 1.54) is 12.1 Å². The molecule has 1 fully saturated rings. The maximum Gasteiger partial charge on any atom is 0.156 e. The lowest BCUT2D eigenvalue weighted by atomic mass is 10.0. The van der Waals surface area contributed by atoms with Crippen LogP contribution in [0.4, 0.5) is 4.39 Å². The Balaban J connectivity index is 2.33. The van der Waals surface area contributed by atoms with Crippen molar-refractivity contribution in [2.45, 2.75) is 37.6 Å². The van der Waals surface area contributed by atoms with Crippen LogP contribution >= 0.6 is 0 Å².